The molecular formula is C26H18N2O4Y. The molecule has 7 heteroatoms. The number of para-hydroxylation sites is 6. The maximum absolute atomic E-state index is 9.69. The van der Waals surface area contributed by atoms with Crippen LogP contribution >= 0.6 is 0 Å². The van der Waals surface area contributed by atoms with Gasteiger partial charge in [0.15, 0.2) is 11.2 Å². The van der Waals surface area contributed by atoms with E-state index in [-0.39, 0.29) is 44.2 Å². The van der Waals surface area contributed by atoms with E-state index in [2.05, 4.69) is 9.97 Å². The molecule has 0 atom stereocenters. The second-order valence-corrected chi connectivity index (χ2v) is 7.01. The van der Waals surface area contributed by atoms with Gasteiger partial charge in [-0.1, -0.05) is 48.5 Å². The Morgan fingerprint density at radius 1 is 0.485 bits per heavy atom. The topological polar surface area (TPSA) is 92.5 Å². The fraction of sp³-hybridized carbons (Fsp3) is 0. The average Bonchev–Trinajstić information content (AvgIpc) is 3.44. The summed E-state index contributed by atoms with van der Waals surface area (Å²) in [5, 5.41) is 19.4. The Bertz CT molecular complexity index is 1340. The molecule has 0 amide bonds. The summed E-state index contributed by atoms with van der Waals surface area (Å²) >= 11 is 0. The molecule has 0 bridgehead atoms. The number of rotatable bonds is 2. The van der Waals surface area contributed by atoms with Gasteiger partial charge in [-0.25, -0.2) is 9.97 Å². The number of phenolic OH excluding ortho intramolecular Hbond substituents is 2. The van der Waals surface area contributed by atoms with Gasteiger partial charge in [0.25, 0.3) is 0 Å². The molecule has 0 aliphatic rings. The minimum absolute atomic E-state index is 0. The van der Waals surface area contributed by atoms with Crippen LogP contribution in [-0.2, 0) is 32.7 Å². The molecule has 2 heterocycles. The Balaban J connectivity index is 0.000000152. The minimum atomic E-state index is 0. The molecule has 2 N–H and O–H groups in total. The number of hydrogen-bond donors (Lipinski definition) is 2. The third-order valence-corrected chi connectivity index (χ3v) is 4.86. The van der Waals surface area contributed by atoms with E-state index in [9.17, 15) is 10.2 Å². The zero-order valence-corrected chi connectivity index (χ0v) is 20.3. The fourth-order valence-corrected chi connectivity index (χ4v) is 3.28. The maximum Gasteiger partial charge on any atom is 0.231 e. The van der Waals surface area contributed by atoms with Gasteiger partial charge in [0.2, 0.25) is 11.8 Å². The molecule has 1 radical (unpaired) electrons. The number of hydrogen-bond acceptors (Lipinski definition) is 6. The minimum Gasteiger partial charge on any atom is -0.507 e. The number of nitrogens with zero attached hydrogens (tertiary/aromatic N) is 2. The predicted octanol–water partition coefficient (Wildman–Crippen LogP) is 6.40. The van der Waals surface area contributed by atoms with E-state index in [0.717, 1.165) is 22.2 Å². The monoisotopic (exact) mass is 511 g/mol. The molecule has 33 heavy (non-hydrogen) atoms. The molecule has 4 aromatic carbocycles. The van der Waals surface area contributed by atoms with Gasteiger partial charge in [0.1, 0.15) is 22.5 Å². The smallest absolute Gasteiger partial charge is 0.231 e. The maximum atomic E-state index is 9.69. The molecular weight excluding hydrogens is 493 g/mol. The largest absolute Gasteiger partial charge is 0.507 e. The third kappa shape index (κ3) is 4.82. The molecule has 6 rings (SSSR count). The van der Waals surface area contributed by atoms with E-state index in [1.54, 1.807) is 36.4 Å². The summed E-state index contributed by atoms with van der Waals surface area (Å²) in [6.45, 7) is 0. The number of aromatic nitrogens is 2. The van der Waals surface area contributed by atoms with E-state index in [1.165, 1.54) is 0 Å². The number of fused-ring (bicyclic) bond motifs is 2. The van der Waals surface area contributed by atoms with Crippen LogP contribution in [0.15, 0.2) is 106 Å². The van der Waals surface area contributed by atoms with Crippen molar-refractivity contribution < 1.29 is 51.8 Å². The number of oxazole rings is 2. The van der Waals surface area contributed by atoms with Crippen molar-refractivity contribution in [1.82, 2.24) is 9.97 Å². The molecule has 0 aliphatic heterocycles. The molecule has 0 saturated heterocycles. The normalized spacial score (nSPS) is 10.4. The van der Waals surface area contributed by atoms with Gasteiger partial charge in [-0.2, -0.15) is 0 Å². The van der Waals surface area contributed by atoms with Crippen LogP contribution < -0.4 is 0 Å². The summed E-state index contributed by atoms with van der Waals surface area (Å²) in [5.74, 6) is 1.24. The molecule has 0 aliphatic carbocycles. The van der Waals surface area contributed by atoms with E-state index in [0.29, 0.717) is 22.9 Å². The Hall–Kier alpha value is -3.48. The number of aromatic hydroxyl groups is 2. The predicted molar refractivity (Wildman–Crippen MR) is 122 cm³/mol. The summed E-state index contributed by atoms with van der Waals surface area (Å²) in [6, 6.07) is 29.0. The second-order valence-electron chi connectivity index (χ2n) is 7.01. The van der Waals surface area contributed by atoms with Crippen molar-refractivity contribution >= 4 is 22.2 Å². The van der Waals surface area contributed by atoms with Crippen LogP contribution in [0.5, 0.6) is 11.5 Å². The first-order chi connectivity index (χ1) is 15.7. The molecule has 6 aromatic rings. The van der Waals surface area contributed by atoms with E-state index in [4.69, 9.17) is 8.83 Å². The van der Waals surface area contributed by atoms with Gasteiger partial charge < -0.3 is 19.0 Å². The van der Waals surface area contributed by atoms with Crippen molar-refractivity contribution in [3.63, 3.8) is 0 Å². The zero-order valence-electron chi connectivity index (χ0n) is 17.4. The summed E-state index contributed by atoms with van der Waals surface area (Å²) in [6.07, 6.45) is 0. The molecule has 0 spiro atoms. The molecule has 0 fully saturated rings. The van der Waals surface area contributed by atoms with Crippen LogP contribution in [0.3, 0.4) is 0 Å². The standard InChI is InChI=1S/2C13H9NO2.Y/c2*15-11-7-3-1-5-9(11)13-14-10-6-2-4-8-12(10)16-13;/h2*1-8,15H;. The average molecular weight is 511 g/mol. The van der Waals surface area contributed by atoms with Crippen LogP contribution in [0, 0.1) is 0 Å². The van der Waals surface area contributed by atoms with Crippen LogP contribution in [0.25, 0.3) is 45.1 Å². The third-order valence-electron chi connectivity index (χ3n) is 4.86. The van der Waals surface area contributed by atoms with Gasteiger partial charge in [-0.15, -0.1) is 0 Å². The number of benzene rings is 4. The van der Waals surface area contributed by atoms with Crippen LogP contribution in [0.4, 0.5) is 0 Å². The van der Waals surface area contributed by atoms with Gasteiger partial charge in [0, 0.05) is 32.7 Å². The van der Waals surface area contributed by atoms with Crippen molar-refractivity contribution in [2.45, 2.75) is 0 Å². The van der Waals surface area contributed by atoms with Crippen LogP contribution in [0.2, 0.25) is 0 Å². The molecule has 2 aromatic heterocycles. The summed E-state index contributed by atoms with van der Waals surface area (Å²) in [7, 11) is 0. The van der Waals surface area contributed by atoms with Crippen molar-refractivity contribution in [1.29, 1.82) is 0 Å². The Morgan fingerprint density at radius 3 is 1.24 bits per heavy atom. The van der Waals surface area contributed by atoms with Crippen molar-refractivity contribution in [3.8, 4) is 34.4 Å². The molecule has 0 unspecified atom stereocenters. The Labute approximate surface area is 214 Å². The first kappa shape index (κ1) is 22.7. The zero-order chi connectivity index (χ0) is 21.9. The van der Waals surface area contributed by atoms with Crippen LogP contribution in [-0.4, -0.2) is 20.2 Å². The molecule has 159 valence electrons. The van der Waals surface area contributed by atoms with Crippen molar-refractivity contribution in [2.75, 3.05) is 0 Å². The first-order valence-electron chi connectivity index (χ1n) is 9.97. The Morgan fingerprint density at radius 2 is 0.848 bits per heavy atom. The van der Waals surface area contributed by atoms with E-state index < -0.39 is 0 Å². The quantitative estimate of drug-likeness (QED) is 0.280. The van der Waals surface area contributed by atoms with Gasteiger partial charge in [-0.05, 0) is 48.5 Å². The van der Waals surface area contributed by atoms with Gasteiger partial charge in [0.05, 0.1) is 11.1 Å². The Kier molecular flexibility index (Phi) is 6.87. The first-order valence-corrected chi connectivity index (χ1v) is 9.97. The van der Waals surface area contributed by atoms with Crippen molar-refractivity contribution in [2.24, 2.45) is 0 Å². The van der Waals surface area contributed by atoms with E-state index in [1.807, 2.05) is 60.7 Å². The summed E-state index contributed by atoms with van der Waals surface area (Å²) in [4.78, 5) is 8.63. The van der Waals surface area contributed by atoms with Crippen molar-refractivity contribution in [3.05, 3.63) is 97.1 Å². The fourth-order valence-electron chi connectivity index (χ4n) is 3.28. The van der Waals surface area contributed by atoms with Gasteiger partial charge in [-0.3, -0.25) is 0 Å². The molecule has 6 nitrogen and oxygen atoms in total. The van der Waals surface area contributed by atoms with Gasteiger partial charge >= 0.3 is 0 Å². The number of phenols is 2. The summed E-state index contributed by atoms with van der Waals surface area (Å²) in [5.41, 5.74) is 4.25. The van der Waals surface area contributed by atoms with E-state index >= 15 is 0 Å². The SMILES string of the molecule is Oc1ccccc1-c1nc2ccccc2o1.Oc1ccccc1-c1nc2ccccc2o1.[Y]. The second kappa shape index (κ2) is 9.98. The van der Waals surface area contributed by atoms with Crippen LogP contribution in [0.1, 0.15) is 0 Å². The summed E-state index contributed by atoms with van der Waals surface area (Å²) < 4.78 is 11.1. The molecule has 0 saturated carbocycles.